The normalized spacial score (nSPS) is 12.2. The van der Waals surface area contributed by atoms with Crippen LogP contribution in [0.5, 0.6) is 0 Å². The van der Waals surface area contributed by atoms with E-state index in [2.05, 4.69) is 5.32 Å². The summed E-state index contributed by atoms with van der Waals surface area (Å²) in [7, 11) is -3.81. The third-order valence-electron chi connectivity index (χ3n) is 6.93. The molecule has 0 heterocycles. The number of hydrogen-bond donors (Lipinski definition) is 1. The number of amides is 2. The van der Waals surface area contributed by atoms with Crippen molar-refractivity contribution in [3.05, 3.63) is 101 Å². The van der Waals surface area contributed by atoms with Crippen LogP contribution in [-0.2, 0) is 32.6 Å². The van der Waals surface area contributed by atoms with Crippen molar-refractivity contribution in [3.8, 4) is 0 Å². The molecular formula is C32H41N3O4S. The van der Waals surface area contributed by atoms with Crippen molar-refractivity contribution in [1.29, 1.82) is 0 Å². The lowest BCUT2D eigenvalue weighted by molar-refractivity contribution is -0.140. The van der Waals surface area contributed by atoms with E-state index in [4.69, 9.17) is 0 Å². The standard InChI is InChI=1S/C32H41N3O4S/c1-23(2)20-33-32(37)29(19-27-16-8-7-9-17-27)34(21-28-18-11-10-13-24(28)3)30(36)22-35(40(6,38)39)31-25(4)14-12-15-26(31)5/h7-18,23,29H,19-22H2,1-6H3,(H,33,37)/t29-/m0/s1. The van der Waals surface area contributed by atoms with E-state index in [1.807, 2.05) is 107 Å². The van der Waals surface area contributed by atoms with Gasteiger partial charge in [0.05, 0.1) is 11.9 Å². The monoisotopic (exact) mass is 563 g/mol. The van der Waals surface area contributed by atoms with Crippen LogP contribution < -0.4 is 9.62 Å². The number of nitrogens with zero attached hydrogens (tertiary/aromatic N) is 2. The summed E-state index contributed by atoms with van der Waals surface area (Å²) in [6, 6.07) is 22.0. The molecule has 0 saturated heterocycles. The molecule has 3 aromatic rings. The molecule has 2 amide bonds. The van der Waals surface area contributed by atoms with Crippen molar-refractivity contribution in [2.75, 3.05) is 23.7 Å². The van der Waals surface area contributed by atoms with E-state index in [-0.39, 0.29) is 18.4 Å². The van der Waals surface area contributed by atoms with Crippen LogP contribution in [0.4, 0.5) is 5.69 Å². The van der Waals surface area contributed by atoms with Crippen molar-refractivity contribution >= 4 is 27.5 Å². The zero-order valence-corrected chi connectivity index (χ0v) is 25.2. The zero-order chi connectivity index (χ0) is 29.4. The lowest BCUT2D eigenvalue weighted by atomic mass is 10.0. The van der Waals surface area contributed by atoms with Crippen LogP contribution in [-0.4, -0.2) is 50.5 Å². The molecule has 40 heavy (non-hydrogen) atoms. The van der Waals surface area contributed by atoms with E-state index in [0.29, 0.717) is 18.7 Å². The van der Waals surface area contributed by atoms with Gasteiger partial charge in [-0.25, -0.2) is 8.42 Å². The molecule has 0 unspecified atom stereocenters. The van der Waals surface area contributed by atoms with Gasteiger partial charge in [-0.15, -0.1) is 0 Å². The molecule has 0 aliphatic rings. The Morgan fingerprint density at radius 3 is 1.98 bits per heavy atom. The predicted molar refractivity (Wildman–Crippen MR) is 162 cm³/mol. The minimum Gasteiger partial charge on any atom is -0.354 e. The average molecular weight is 564 g/mol. The highest BCUT2D eigenvalue weighted by Gasteiger charge is 2.33. The van der Waals surface area contributed by atoms with Gasteiger partial charge in [-0.3, -0.25) is 13.9 Å². The number of carbonyl (C=O) groups is 2. The zero-order valence-electron chi connectivity index (χ0n) is 24.3. The summed E-state index contributed by atoms with van der Waals surface area (Å²) in [5.41, 5.74) is 4.76. The second-order valence-electron chi connectivity index (χ2n) is 10.8. The molecule has 3 aromatic carbocycles. The number of hydrogen-bond acceptors (Lipinski definition) is 4. The fourth-order valence-electron chi connectivity index (χ4n) is 4.72. The molecule has 0 fully saturated rings. The van der Waals surface area contributed by atoms with E-state index >= 15 is 0 Å². The van der Waals surface area contributed by atoms with Gasteiger partial charge < -0.3 is 10.2 Å². The average Bonchev–Trinajstić information content (AvgIpc) is 2.89. The number of sulfonamides is 1. The highest BCUT2D eigenvalue weighted by Crippen LogP contribution is 2.27. The minimum atomic E-state index is -3.81. The molecule has 1 N–H and O–H groups in total. The maximum Gasteiger partial charge on any atom is 0.244 e. The smallest absolute Gasteiger partial charge is 0.244 e. The number of carbonyl (C=O) groups excluding carboxylic acids is 2. The molecule has 0 radical (unpaired) electrons. The number of nitrogens with one attached hydrogen (secondary N) is 1. The summed E-state index contributed by atoms with van der Waals surface area (Å²) >= 11 is 0. The lowest BCUT2D eigenvalue weighted by Crippen LogP contribution is -2.53. The first-order valence-electron chi connectivity index (χ1n) is 13.6. The third kappa shape index (κ3) is 8.18. The second-order valence-corrected chi connectivity index (χ2v) is 12.7. The van der Waals surface area contributed by atoms with Gasteiger partial charge in [0.2, 0.25) is 21.8 Å². The molecule has 0 aromatic heterocycles. The highest BCUT2D eigenvalue weighted by molar-refractivity contribution is 7.92. The number of rotatable bonds is 12. The molecule has 0 saturated carbocycles. The Morgan fingerprint density at radius 1 is 0.825 bits per heavy atom. The van der Waals surface area contributed by atoms with E-state index < -0.39 is 28.5 Å². The fourth-order valence-corrected chi connectivity index (χ4v) is 5.69. The molecule has 7 nitrogen and oxygen atoms in total. The molecule has 1 atom stereocenters. The van der Waals surface area contributed by atoms with Crippen LogP contribution in [0, 0.1) is 26.7 Å². The lowest BCUT2D eigenvalue weighted by Gasteiger charge is -2.34. The molecule has 3 rings (SSSR count). The number of aryl methyl sites for hydroxylation is 3. The Morgan fingerprint density at radius 2 is 1.40 bits per heavy atom. The predicted octanol–water partition coefficient (Wildman–Crippen LogP) is 4.79. The molecule has 0 aliphatic heterocycles. The van der Waals surface area contributed by atoms with Crippen LogP contribution in [0.15, 0.2) is 72.8 Å². The van der Waals surface area contributed by atoms with Gasteiger partial charge in [0, 0.05) is 19.5 Å². The molecule has 0 spiro atoms. The Labute approximate surface area is 239 Å². The van der Waals surface area contributed by atoms with Gasteiger partial charge in [0.15, 0.2) is 0 Å². The molecule has 0 bridgehead atoms. The van der Waals surface area contributed by atoms with Crippen LogP contribution in [0.2, 0.25) is 0 Å². The summed E-state index contributed by atoms with van der Waals surface area (Å²) < 4.78 is 27.3. The summed E-state index contributed by atoms with van der Waals surface area (Å²) in [4.78, 5) is 29.5. The van der Waals surface area contributed by atoms with E-state index in [1.54, 1.807) is 0 Å². The van der Waals surface area contributed by atoms with Crippen molar-refractivity contribution in [2.24, 2.45) is 5.92 Å². The quantitative estimate of drug-likeness (QED) is 0.343. The van der Waals surface area contributed by atoms with Gasteiger partial charge >= 0.3 is 0 Å². The summed E-state index contributed by atoms with van der Waals surface area (Å²) in [6.07, 6.45) is 1.40. The molecule has 0 aliphatic carbocycles. The number of benzene rings is 3. The molecule has 8 heteroatoms. The summed E-state index contributed by atoms with van der Waals surface area (Å²) in [5, 5.41) is 3.01. The van der Waals surface area contributed by atoms with Crippen molar-refractivity contribution < 1.29 is 18.0 Å². The van der Waals surface area contributed by atoms with Gasteiger partial charge in [-0.2, -0.15) is 0 Å². The van der Waals surface area contributed by atoms with Gasteiger partial charge in [0.1, 0.15) is 12.6 Å². The summed E-state index contributed by atoms with van der Waals surface area (Å²) in [5.74, 6) is -0.485. The minimum absolute atomic E-state index is 0.169. The summed E-state index contributed by atoms with van der Waals surface area (Å²) in [6.45, 7) is 9.86. The first kappa shape index (κ1) is 30.9. The maximum absolute atomic E-state index is 14.2. The Bertz CT molecular complexity index is 1400. The van der Waals surface area contributed by atoms with E-state index in [9.17, 15) is 18.0 Å². The van der Waals surface area contributed by atoms with Crippen LogP contribution >= 0.6 is 0 Å². The second kappa shape index (κ2) is 13.6. The van der Waals surface area contributed by atoms with Gasteiger partial charge in [0.25, 0.3) is 0 Å². The fraction of sp³-hybridized carbons (Fsp3) is 0.375. The van der Waals surface area contributed by atoms with Crippen molar-refractivity contribution in [1.82, 2.24) is 10.2 Å². The number of para-hydroxylation sites is 1. The third-order valence-corrected chi connectivity index (χ3v) is 8.04. The Kier molecular flexibility index (Phi) is 10.5. The largest absolute Gasteiger partial charge is 0.354 e. The van der Waals surface area contributed by atoms with E-state index in [1.165, 1.54) is 4.90 Å². The van der Waals surface area contributed by atoms with E-state index in [0.717, 1.165) is 38.4 Å². The number of anilines is 1. The van der Waals surface area contributed by atoms with Crippen LogP contribution in [0.3, 0.4) is 0 Å². The first-order valence-corrected chi connectivity index (χ1v) is 15.4. The Hall–Kier alpha value is -3.65. The topological polar surface area (TPSA) is 86.8 Å². The molecular weight excluding hydrogens is 522 g/mol. The van der Waals surface area contributed by atoms with Crippen molar-refractivity contribution in [3.63, 3.8) is 0 Å². The SMILES string of the molecule is Cc1ccccc1CN(C(=O)CN(c1c(C)cccc1C)S(C)(=O)=O)[C@@H](Cc1ccccc1)C(=O)NCC(C)C. The maximum atomic E-state index is 14.2. The van der Waals surface area contributed by atoms with Crippen LogP contribution in [0.25, 0.3) is 0 Å². The Balaban J connectivity index is 2.09. The van der Waals surface area contributed by atoms with Gasteiger partial charge in [-0.1, -0.05) is 86.6 Å². The van der Waals surface area contributed by atoms with Crippen LogP contribution in [0.1, 0.15) is 41.7 Å². The van der Waals surface area contributed by atoms with Crippen molar-refractivity contribution in [2.45, 2.75) is 53.6 Å². The van der Waals surface area contributed by atoms with Gasteiger partial charge in [-0.05, 0) is 54.5 Å². The molecule has 214 valence electrons. The first-order chi connectivity index (χ1) is 18.9. The highest BCUT2D eigenvalue weighted by atomic mass is 32.2.